The predicted octanol–water partition coefficient (Wildman–Crippen LogP) is 1.11. The summed E-state index contributed by atoms with van der Waals surface area (Å²) < 4.78 is 26.9. The normalized spacial score (nSPS) is 17.0. The minimum absolute atomic E-state index is 0.0431. The van der Waals surface area contributed by atoms with Crippen LogP contribution in [-0.4, -0.2) is 39.1 Å². The van der Waals surface area contributed by atoms with E-state index in [0.29, 0.717) is 19.4 Å². The number of aliphatic hydroxyl groups is 1. The molecule has 0 aliphatic carbocycles. The first-order valence-corrected chi connectivity index (χ1v) is 8.93. The van der Waals surface area contributed by atoms with Gasteiger partial charge in [-0.1, -0.05) is 6.92 Å². The topological polar surface area (TPSA) is 86.7 Å². The van der Waals surface area contributed by atoms with Crippen molar-refractivity contribution in [2.75, 3.05) is 24.6 Å². The van der Waals surface area contributed by atoms with Gasteiger partial charge in [0.05, 0.1) is 4.90 Å². The van der Waals surface area contributed by atoms with E-state index in [4.69, 9.17) is 5.11 Å². The van der Waals surface area contributed by atoms with Gasteiger partial charge in [0.15, 0.2) is 0 Å². The van der Waals surface area contributed by atoms with Gasteiger partial charge in [-0.3, -0.25) is 4.79 Å². The number of nitrogens with one attached hydrogen (secondary N) is 1. The van der Waals surface area contributed by atoms with Gasteiger partial charge in [0.1, 0.15) is 0 Å². The lowest BCUT2D eigenvalue weighted by Crippen LogP contribution is -2.29. The summed E-state index contributed by atoms with van der Waals surface area (Å²) in [7, 11) is -3.56. The number of benzene rings is 1. The number of hydrogen-bond acceptors (Lipinski definition) is 4. The third kappa shape index (κ3) is 4.06. The molecule has 1 heterocycles. The summed E-state index contributed by atoms with van der Waals surface area (Å²) in [6, 6.07) is 6.35. The molecule has 1 atom stereocenters. The molecular weight excluding hydrogens is 304 g/mol. The van der Waals surface area contributed by atoms with E-state index in [1.165, 1.54) is 12.1 Å². The molecule has 0 spiro atoms. The van der Waals surface area contributed by atoms with Crippen LogP contribution in [0.3, 0.4) is 0 Å². The molecule has 0 radical (unpaired) electrons. The number of hydrogen-bond donors (Lipinski definition) is 2. The molecule has 0 bridgehead atoms. The quantitative estimate of drug-likeness (QED) is 0.786. The zero-order valence-corrected chi connectivity index (χ0v) is 13.5. The number of carbonyl (C=O) groups is 1. The van der Waals surface area contributed by atoms with Crippen molar-refractivity contribution >= 4 is 21.6 Å². The second kappa shape index (κ2) is 7.21. The Bertz CT molecular complexity index is 613. The van der Waals surface area contributed by atoms with E-state index < -0.39 is 10.0 Å². The largest absolute Gasteiger partial charge is 0.396 e. The third-order valence-corrected chi connectivity index (χ3v) is 5.22. The highest BCUT2D eigenvalue weighted by Crippen LogP contribution is 2.22. The first kappa shape index (κ1) is 16.9. The molecule has 1 aliphatic heterocycles. The zero-order chi connectivity index (χ0) is 16.2. The maximum absolute atomic E-state index is 12.2. The first-order chi connectivity index (χ1) is 10.4. The lowest BCUT2D eigenvalue weighted by Gasteiger charge is -2.16. The van der Waals surface area contributed by atoms with Gasteiger partial charge in [0.2, 0.25) is 15.9 Å². The number of carbonyl (C=O) groups excluding carboxylic acids is 1. The monoisotopic (exact) mass is 326 g/mol. The second-order valence-electron chi connectivity index (χ2n) is 5.61. The molecule has 1 amide bonds. The van der Waals surface area contributed by atoms with Crippen molar-refractivity contribution in [1.82, 2.24) is 4.72 Å². The highest BCUT2D eigenvalue weighted by atomic mass is 32.2. The molecule has 0 saturated carbocycles. The molecule has 1 aliphatic rings. The molecule has 1 aromatic rings. The molecule has 0 unspecified atom stereocenters. The Kier molecular flexibility index (Phi) is 5.55. The van der Waals surface area contributed by atoms with Gasteiger partial charge in [0.25, 0.3) is 0 Å². The average Bonchev–Trinajstić information content (AvgIpc) is 2.92. The van der Waals surface area contributed by atoms with Crippen LogP contribution < -0.4 is 9.62 Å². The van der Waals surface area contributed by atoms with E-state index in [0.717, 1.165) is 12.1 Å². The number of anilines is 1. The van der Waals surface area contributed by atoms with E-state index in [1.807, 2.05) is 6.92 Å². The SMILES string of the molecule is C[C@H](CCO)CNS(=O)(=O)c1ccc(N2CCCC2=O)cc1. The Morgan fingerprint density at radius 3 is 2.55 bits per heavy atom. The van der Waals surface area contributed by atoms with Crippen molar-refractivity contribution in [2.24, 2.45) is 5.92 Å². The molecule has 7 heteroatoms. The summed E-state index contributed by atoms with van der Waals surface area (Å²) in [4.78, 5) is 13.5. The zero-order valence-electron chi connectivity index (χ0n) is 12.7. The number of nitrogens with zero attached hydrogens (tertiary/aromatic N) is 1. The summed E-state index contributed by atoms with van der Waals surface area (Å²) in [5.41, 5.74) is 0.732. The van der Waals surface area contributed by atoms with Crippen LogP contribution in [0.15, 0.2) is 29.2 Å². The summed E-state index contributed by atoms with van der Waals surface area (Å²) in [5.74, 6) is 0.146. The highest BCUT2D eigenvalue weighted by molar-refractivity contribution is 7.89. The van der Waals surface area contributed by atoms with Crippen LogP contribution in [0, 0.1) is 5.92 Å². The molecule has 1 aromatic carbocycles. The van der Waals surface area contributed by atoms with Crippen LogP contribution in [0.1, 0.15) is 26.2 Å². The van der Waals surface area contributed by atoms with Gasteiger partial charge in [-0.2, -0.15) is 0 Å². The van der Waals surface area contributed by atoms with E-state index in [9.17, 15) is 13.2 Å². The minimum atomic E-state index is -3.56. The van der Waals surface area contributed by atoms with E-state index in [1.54, 1.807) is 17.0 Å². The third-order valence-electron chi connectivity index (χ3n) is 3.78. The van der Waals surface area contributed by atoms with Crippen molar-refractivity contribution in [1.29, 1.82) is 0 Å². The molecule has 0 aromatic heterocycles. The number of aliphatic hydroxyl groups excluding tert-OH is 1. The predicted molar refractivity (Wildman–Crippen MR) is 84.1 cm³/mol. The molecule has 6 nitrogen and oxygen atoms in total. The Balaban J connectivity index is 2.04. The number of sulfonamides is 1. The van der Waals surface area contributed by atoms with Crippen molar-refractivity contribution in [3.63, 3.8) is 0 Å². The summed E-state index contributed by atoms with van der Waals surface area (Å²) >= 11 is 0. The summed E-state index contributed by atoms with van der Waals surface area (Å²) in [6.45, 7) is 2.89. The first-order valence-electron chi connectivity index (χ1n) is 7.45. The van der Waals surface area contributed by atoms with Crippen molar-refractivity contribution in [2.45, 2.75) is 31.1 Å². The van der Waals surface area contributed by atoms with Crippen LogP contribution in [-0.2, 0) is 14.8 Å². The van der Waals surface area contributed by atoms with Gasteiger partial charge < -0.3 is 10.0 Å². The fourth-order valence-corrected chi connectivity index (χ4v) is 3.55. The molecule has 2 N–H and O–H groups in total. The van der Waals surface area contributed by atoms with Crippen LogP contribution in [0.2, 0.25) is 0 Å². The number of rotatable bonds is 7. The smallest absolute Gasteiger partial charge is 0.240 e. The Morgan fingerprint density at radius 1 is 1.32 bits per heavy atom. The van der Waals surface area contributed by atoms with E-state index >= 15 is 0 Å². The minimum Gasteiger partial charge on any atom is -0.396 e. The Labute approximate surface area is 131 Å². The van der Waals surface area contributed by atoms with E-state index in [2.05, 4.69) is 4.72 Å². The Morgan fingerprint density at radius 2 is 2.00 bits per heavy atom. The molecular formula is C15H22N2O4S. The van der Waals surface area contributed by atoms with Gasteiger partial charge in [-0.15, -0.1) is 0 Å². The van der Waals surface area contributed by atoms with Gasteiger partial charge in [-0.25, -0.2) is 13.1 Å². The van der Waals surface area contributed by atoms with Crippen molar-refractivity contribution < 1.29 is 18.3 Å². The molecule has 1 fully saturated rings. The lowest BCUT2D eigenvalue weighted by atomic mass is 10.1. The van der Waals surface area contributed by atoms with Crippen molar-refractivity contribution in [3.05, 3.63) is 24.3 Å². The van der Waals surface area contributed by atoms with Gasteiger partial charge >= 0.3 is 0 Å². The maximum Gasteiger partial charge on any atom is 0.240 e. The fraction of sp³-hybridized carbons (Fsp3) is 0.533. The standard InChI is InChI=1S/C15H22N2O4S/c1-12(8-10-18)11-16-22(20,21)14-6-4-13(5-7-14)17-9-2-3-15(17)19/h4-7,12,16,18H,2-3,8-11H2,1H3/t12-/m1/s1. The van der Waals surface area contributed by atoms with Crippen LogP contribution in [0.25, 0.3) is 0 Å². The average molecular weight is 326 g/mol. The van der Waals surface area contributed by atoms with E-state index in [-0.39, 0.29) is 29.9 Å². The summed E-state index contributed by atoms with van der Waals surface area (Å²) in [5, 5.41) is 8.83. The van der Waals surface area contributed by atoms with Gasteiger partial charge in [0, 0.05) is 31.8 Å². The molecule has 22 heavy (non-hydrogen) atoms. The van der Waals surface area contributed by atoms with Crippen LogP contribution in [0.4, 0.5) is 5.69 Å². The summed E-state index contributed by atoms with van der Waals surface area (Å²) in [6.07, 6.45) is 1.94. The van der Waals surface area contributed by atoms with Crippen LogP contribution >= 0.6 is 0 Å². The lowest BCUT2D eigenvalue weighted by molar-refractivity contribution is -0.117. The maximum atomic E-state index is 12.2. The highest BCUT2D eigenvalue weighted by Gasteiger charge is 2.22. The Hall–Kier alpha value is -1.44. The molecule has 122 valence electrons. The number of amides is 1. The molecule has 1 saturated heterocycles. The van der Waals surface area contributed by atoms with Crippen LogP contribution in [0.5, 0.6) is 0 Å². The fourth-order valence-electron chi connectivity index (χ4n) is 2.38. The van der Waals surface area contributed by atoms with Gasteiger partial charge in [-0.05, 0) is 43.0 Å². The van der Waals surface area contributed by atoms with Crippen molar-refractivity contribution in [3.8, 4) is 0 Å². The molecule has 2 rings (SSSR count). The second-order valence-corrected chi connectivity index (χ2v) is 7.38.